The molecular formula is C13H14Br2N4. The van der Waals surface area contributed by atoms with Crippen LogP contribution in [0.25, 0.3) is 11.4 Å². The van der Waals surface area contributed by atoms with Crippen LogP contribution in [-0.4, -0.2) is 22.0 Å². The number of aromatic nitrogens is 3. The fourth-order valence-electron chi connectivity index (χ4n) is 1.72. The molecule has 0 bridgehead atoms. The van der Waals surface area contributed by atoms with Crippen molar-refractivity contribution >= 4 is 37.7 Å². The van der Waals surface area contributed by atoms with Crippen molar-refractivity contribution in [2.45, 2.75) is 19.8 Å². The van der Waals surface area contributed by atoms with Crippen molar-refractivity contribution in [3.8, 4) is 11.4 Å². The molecule has 6 heteroatoms. The SMILES string of the molecule is CCCc1nc(-c2cncc(Br)c2)nc(NC)c1Br. The molecule has 0 unspecified atom stereocenters. The minimum atomic E-state index is 0.685. The second-order valence-electron chi connectivity index (χ2n) is 4.05. The van der Waals surface area contributed by atoms with Gasteiger partial charge in [-0.1, -0.05) is 13.3 Å². The Hall–Kier alpha value is -1.01. The fourth-order valence-corrected chi connectivity index (χ4v) is 2.66. The normalized spacial score (nSPS) is 10.5. The molecule has 2 aromatic rings. The zero-order chi connectivity index (χ0) is 13.8. The van der Waals surface area contributed by atoms with Gasteiger partial charge in [-0.3, -0.25) is 4.98 Å². The number of halogens is 2. The first-order valence-corrected chi connectivity index (χ1v) is 7.59. The summed E-state index contributed by atoms with van der Waals surface area (Å²) in [6.45, 7) is 2.13. The molecule has 0 radical (unpaired) electrons. The summed E-state index contributed by atoms with van der Waals surface area (Å²) in [4.78, 5) is 13.3. The van der Waals surface area contributed by atoms with Crippen molar-refractivity contribution in [3.63, 3.8) is 0 Å². The first-order valence-electron chi connectivity index (χ1n) is 6.00. The van der Waals surface area contributed by atoms with Crippen LogP contribution in [-0.2, 0) is 6.42 Å². The van der Waals surface area contributed by atoms with Gasteiger partial charge in [-0.25, -0.2) is 9.97 Å². The molecule has 0 aliphatic heterocycles. The van der Waals surface area contributed by atoms with Crippen molar-refractivity contribution in [3.05, 3.63) is 33.1 Å². The van der Waals surface area contributed by atoms with Gasteiger partial charge in [0.1, 0.15) is 5.82 Å². The predicted molar refractivity (Wildman–Crippen MR) is 84.2 cm³/mol. The number of pyridine rings is 1. The first kappa shape index (κ1) is 14.4. The molecule has 1 N–H and O–H groups in total. The fraction of sp³-hybridized carbons (Fsp3) is 0.308. The Morgan fingerprint density at radius 1 is 1.21 bits per heavy atom. The Kier molecular flexibility index (Phi) is 4.87. The number of nitrogens with zero attached hydrogens (tertiary/aromatic N) is 3. The topological polar surface area (TPSA) is 50.7 Å². The largest absolute Gasteiger partial charge is 0.372 e. The van der Waals surface area contributed by atoms with Crippen molar-refractivity contribution in [1.29, 1.82) is 0 Å². The van der Waals surface area contributed by atoms with E-state index in [1.165, 1.54) is 0 Å². The minimum Gasteiger partial charge on any atom is -0.372 e. The van der Waals surface area contributed by atoms with Gasteiger partial charge in [0.2, 0.25) is 0 Å². The Morgan fingerprint density at radius 3 is 2.63 bits per heavy atom. The molecule has 4 nitrogen and oxygen atoms in total. The summed E-state index contributed by atoms with van der Waals surface area (Å²) in [5.74, 6) is 1.48. The van der Waals surface area contributed by atoms with Gasteiger partial charge in [-0.2, -0.15) is 0 Å². The summed E-state index contributed by atoms with van der Waals surface area (Å²) in [7, 11) is 1.85. The van der Waals surface area contributed by atoms with E-state index >= 15 is 0 Å². The third-order valence-corrected chi connectivity index (χ3v) is 3.87. The Balaban J connectivity index is 2.54. The lowest BCUT2D eigenvalue weighted by molar-refractivity contribution is 0.868. The van der Waals surface area contributed by atoms with E-state index in [0.717, 1.165) is 38.9 Å². The zero-order valence-electron chi connectivity index (χ0n) is 10.7. The van der Waals surface area contributed by atoms with E-state index in [-0.39, 0.29) is 0 Å². The Bertz CT molecular complexity index is 587. The summed E-state index contributed by atoms with van der Waals surface area (Å²) in [6, 6.07) is 1.96. The molecule has 19 heavy (non-hydrogen) atoms. The van der Waals surface area contributed by atoms with Gasteiger partial charge in [0, 0.05) is 29.5 Å². The molecule has 0 aromatic carbocycles. The average Bonchev–Trinajstić information content (AvgIpc) is 2.41. The lowest BCUT2D eigenvalue weighted by Gasteiger charge is -2.10. The van der Waals surface area contributed by atoms with E-state index in [1.807, 2.05) is 13.1 Å². The summed E-state index contributed by atoms with van der Waals surface area (Å²) in [6.07, 6.45) is 5.46. The lowest BCUT2D eigenvalue weighted by Crippen LogP contribution is -2.03. The van der Waals surface area contributed by atoms with Gasteiger partial charge in [0.25, 0.3) is 0 Å². The van der Waals surface area contributed by atoms with Crippen LogP contribution in [0.5, 0.6) is 0 Å². The van der Waals surface area contributed by atoms with Crippen LogP contribution in [0.1, 0.15) is 19.0 Å². The maximum Gasteiger partial charge on any atom is 0.163 e. The van der Waals surface area contributed by atoms with Crippen molar-refractivity contribution in [2.75, 3.05) is 12.4 Å². The molecular weight excluding hydrogens is 372 g/mol. The monoisotopic (exact) mass is 384 g/mol. The van der Waals surface area contributed by atoms with Gasteiger partial charge in [0.15, 0.2) is 5.82 Å². The minimum absolute atomic E-state index is 0.685. The van der Waals surface area contributed by atoms with Crippen LogP contribution in [0.3, 0.4) is 0 Å². The van der Waals surface area contributed by atoms with Crippen molar-refractivity contribution < 1.29 is 0 Å². The van der Waals surface area contributed by atoms with Crippen LogP contribution in [0.2, 0.25) is 0 Å². The van der Waals surface area contributed by atoms with Gasteiger partial charge in [0.05, 0.1) is 10.2 Å². The quantitative estimate of drug-likeness (QED) is 0.862. The second kappa shape index (κ2) is 6.43. The number of anilines is 1. The highest BCUT2D eigenvalue weighted by atomic mass is 79.9. The summed E-state index contributed by atoms with van der Waals surface area (Å²) in [5.41, 5.74) is 1.91. The van der Waals surface area contributed by atoms with E-state index in [4.69, 9.17) is 0 Å². The molecule has 0 amide bonds. The molecule has 2 heterocycles. The smallest absolute Gasteiger partial charge is 0.163 e. The summed E-state index contributed by atoms with van der Waals surface area (Å²) in [5, 5.41) is 3.09. The van der Waals surface area contributed by atoms with E-state index < -0.39 is 0 Å². The van der Waals surface area contributed by atoms with Gasteiger partial charge >= 0.3 is 0 Å². The van der Waals surface area contributed by atoms with Crippen LogP contribution in [0.4, 0.5) is 5.82 Å². The highest BCUT2D eigenvalue weighted by molar-refractivity contribution is 9.11. The molecule has 0 saturated carbocycles. The predicted octanol–water partition coefficient (Wildman–Crippen LogP) is 4.06. The van der Waals surface area contributed by atoms with Crippen LogP contribution in [0, 0.1) is 0 Å². The lowest BCUT2D eigenvalue weighted by atomic mass is 10.2. The number of rotatable bonds is 4. The highest BCUT2D eigenvalue weighted by Gasteiger charge is 2.12. The molecule has 2 rings (SSSR count). The zero-order valence-corrected chi connectivity index (χ0v) is 13.9. The third kappa shape index (κ3) is 3.30. The Labute approximate surface area is 129 Å². The van der Waals surface area contributed by atoms with Gasteiger partial charge < -0.3 is 5.32 Å². The number of hydrogen-bond donors (Lipinski definition) is 1. The molecule has 0 atom stereocenters. The molecule has 0 fully saturated rings. The van der Waals surface area contributed by atoms with E-state index in [2.05, 4.69) is 59.1 Å². The average molecular weight is 386 g/mol. The highest BCUT2D eigenvalue weighted by Crippen LogP contribution is 2.28. The van der Waals surface area contributed by atoms with Crippen molar-refractivity contribution in [1.82, 2.24) is 15.0 Å². The first-order chi connectivity index (χ1) is 9.15. The molecule has 0 aliphatic carbocycles. The Morgan fingerprint density at radius 2 is 2.00 bits per heavy atom. The van der Waals surface area contributed by atoms with Crippen LogP contribution < -0.4 is 5.32 Å². The molecule has 0 spiro atoms. The maximum absolute atomic E-state index is 4.62. The standard InChI is InChI=1S/C13H14Br2N4/c1-3-4-10-11(15)13(16-2)19-12(18-10)8-5-9(14)7-17-6-8/h5-7H,3-4H2,1-2H3,(H,16,18,19). The second-order valence-corrected chi connectivity index (χ2v) is 5.76. The van der Waals surface area contributed by atoms with Crippen molar-refractivity contribution in [2.24, 2.45) is 0 Å². The van der Waals surface area contributed by atoms with E-state index in [0.29, 0.717) is 5.82 Å². The van der Waals surface area contributed by atoms with Crippen LogP contribution in [0.15, 0.2) is 27.4 Å². The third-order valence-electron chi connectivity index (χ3n) is 2.61. The number of aryl methyl sites for hydroxylation is 1. The summed E-state index contributed by atoms with van der Waals surface area (Å²) >= 11 is 6.97. The van der Waals surface area contributed by atoms with E-state index in [1.54, 1.807) is 12.4 Å². The van der Waals surface area contributed by atoms with Gasteiger partial charge in [-0.05, 0) is 44.3 Å². The molecule has 0 aliphatic rings. The molecule has 0 saturated heterocycles. The molecule has 2 aromatic heterocycles. The van der Waals surface area contributed by atoms with Gasteiger partial charge in [-0.15, -0.1) is 0 Å². The van der Waals surface area contributed by atoms with Crippen LogP contribution >= 0.6 is 31.9 Å². The summed E-state index contributed by atoms with van der Waals surface area (Å²) < 4.78 is 1.85. The molecule has 100 valence electrons. The number of nitrogens with one attached hydrogen (secondary N) is 1. The van der Waals surface area contributed by atoms with E-state index in [9.17, 15) is 0 Å². The number of hydrogen-bond acceptors (Lipinski definition) is 4. The maximum atomic E-state index is 4.62.